The van der Waals surface area contributed by atoms with Crippen LogP contribution in [0.25, 0.3) is 0 Å². The molecule has 4 unspecified atom stereocenters. The molecule has 3 fully saturated rings. The van der Waals surface area contributed by atoms with Crippen LogP contribution in [0.1, 0.15) is 49.4 Å². The summed E-state index contributed by atoms with van der Waals surface area (Å²) in [5, 5.41) is 3.47. The molecule has 1 aliphatic heterocycles. The standard InChI is InChI=1S/C16H23N3/c1-2-13-18-11-8-17-6-5-12(11)19(13)16-14-9-3-4-10(7-9)15(14)16/h9-10,14-17H,2-8H2,1H3. The zero-order chi connectivity index (χ0) is 12.6. The second-order valence-electron chi connectivity index (χ2n) is 7.05. The Morgan fingerprint density at radius 3 is 2.79 bits per heavy atom. The van der Waals surface area contributed by atoms with E-state index in [4.69, 9.17) is 4.98 Å². The highest BCUT2D eigenvalue weighted by molar-refractivity contribution is 5.27. The van der Waals surface area contributed by atoms with E-state index in [1.807, 2.05) is 0 Å². The van der Waals surface area contributed by atoms with Crippen molar-refractivity contribution in [3.8, 4) is 0 Å². The maximum absolute atomic E-state index is 4.93. The largest absolute Gasteiger partial charge is 0.328 e. The van der Waals surface area contributed by atoms with Crippen molar-refractivity contribution in [1.82, 2.24) is 14.9 Å². The smallest absolute Gasteiger partial charge is 0.109 e. The molecule has 3 aliphatic carbocycles. The fraction of sp³-hybridized carbons (Fsp3) is 0.812. The Kier molecular flexibility index (Phi) is 2.08. The van der Waals surface area contributed by atoms with Crippen molar-refractivity contribution >= 4 is 0 Å². The molecule has 5 rings (SSSR count). The van der Waals surface area contributed by atoms with Gasteiger partial charge >= 0.3 is 0 Å². The molecule has 19 heavy (non-hydrogen) atoms. The van der Waals surface area contributed by atoms with Crippen LogP contribution >= 0.6 is 0 Å². The number of hydrogen-bond donors (Lipinski definition) is 1. The molecule has 3 nitrogen and oxygen atoms in total. The van der Waals surface area contributed by atoms with Gasteiger partial charge in [0.15, 0.2) is 0 Å². The van der Waals surface area contributed by atoms with Gasteiger partial charge in [0.1, 0.15) is 5.82 Å². The van der Waals surface area contributed by atoms with Crippen molar-refractivity contribution in [2.45, 2.75) is 51.6 Å². The second kappa shape index (κ2) is 3.63. The Morgan fingerprint density at radius 1 is 1.26 bits per heavy atom. The number of fused-ring (bicyclic) bond motifs is 6. The summed E-state index contributed by atoms with van der Waals surface area (Å²) in [5.74, 6) is 5.54. The molecule has 2 heterocycles. The minimum Gasteiger partial charge on any atom is -0.328 e. The van der Waals surface area contributed by atoms with Crippen LogP contribution in [-0.4, -0.2) is 16.1 Å². The summed E-state index contributed by atoms with van der Waals surface area (Å²) in [6.07, 6.45) is 6.86. The van der Waals surface area contributed by atoms with Crippen molar-refractivity contribution in [3.63, 3.8) is 0 Å². The van der Waals surface area contributed by atoms with E-state index in [2.05, 4.69) is 16.8 Å². The zero-order valence-electron chi connectivity index (χ0n) is 11.7. The molecule has 1 aromatic heterocycles. The van der Waals surface area contributed by atoms with Gasteiger partial charge in [0.05, 0.1) is 5.69 Å². The van der Waals surface area contributed by atoms with Gasteiger partial charge in [-0.15, -0.1) is 0 Å². The van der Waals surface area contributed by atoms with Crippen LogP contribution in [-0.2, 0) is 19.4 Å². The highest BCUT2D eigenvalue weighted by atomic mass is 15.2. The fourth-order valence-corrected chi connectivity index (χ4v) is 5.61. The van der Waals surface area contributed by atoms with E-state index < -0.39 is 0 Å². The third kappa shape index (κ3) is 1.30. The lowest BCUT2D eigenvalue weighted by Crippen LogP contribution is -2.25. The van der Waals surface area contributed by atoms with Crippen LogP contribution in [0.15, 0.2) is 0 Å². The van der Waals surface area contributed by atoms with E-state index in [0.29, 0.717) is 0 Å². The second-order valence-corrected chi connectivity index (χ2v) is 7.05. The number of aromatic nitrogens is 2. The summed E-state index contributed by atoms with van der Waals surface area (Å²) in [7, 11) is 0. The summed E-state index contributed by atoms with van der Waals surface area (Å²) in [6.45, 7) is 4.39. The minimum absolute atomic E-state index is 0.843. The Morgan fingerprint density at radius 2 is 2.05 bits per heavy atom. The summed E-state index contributed by atoms with van der Waals surface area (Å²) in [5.41, 5.74) is 2.93. The maximum Gasteiger partial charge on any atom is 0.109 e. The molecular weight excluding hydrogens is 234 g/mol. The van der Waals surface area contributed by atoms with Gasteiger partial charge in [0, 0.05) is 37.7 Å². The van der Waals surface area contributed by atoms with Crippen molar-refractivity contribution in [2.75, 3.05) is 6.54 Å². The van der Waals surface area contributed by atoms with Gasteiger partial charge in [-0.05, 0) is 42.9 Å². The fourth-order valence-electron chi connectivity index (χ4n) is 5.61. The van der Waals surface area contributed by atoms with E-state index in [0.717, 1.165) is 49.2 Å². The monoisotopic (exact) mass is 257 g/mol. The van der Waals surface area contributed by atoms with Crippen LogP contribution in [0.2, 0.25) is 0 Å². The van der Waals surface area contributed by atoms with Gasteiger partial charge in [0.25, 0.3) is 0 Å². The van der Waals surface area contributed by atoms with Gasteiger partial charge in [-0.25, -0.2) is 4.98 Å². The quantitative estimate of drug-likeness (QED) is 0.881. The molecule has 0 amide bonds. The Balaban J connectivity index is 1.57. The number of imidazole rings is 1. The molecule has 1 aromatic rings. The first kappa shape index (κ1) is 10.9. The van der Waals surface area contributed by atoms with Crippen LogP contribution in [0.3, 0.4) is 0 Å². The summed E-state index contributed by atoms with van der Waals surface area (Å²) < 4.78 is 2.70. The summed E-state index contributed by atoms with van der Waals surface area (Å²) in [6, 6.07) is 0.843. The van der Waals surface area contributed by atoms with Crippen LogP contribution in [0, 0.1) is 23.7 Å². The Hall–Kier alpha value is -0.830. The molecule has 4 atom stereocenters. The summed E-state index contributed by atoms with van der Waals surface area (Å²) >= 11 is 0. The SMILES string of the molecule is CCc1nc2c(n1C1C3C4CCC(C4)C31)CCNC2. The van der Waals surface area contributed by atoms with Gasteiger partial charge in [-0.2, -0.15) is 0 Å². The highest BCUT2D eigenvalue weighted by Gasteiger charge is 2.66. The van der Waals surface area contributed by atoms with Crippen molar-refractivity contribution in [3.05, 3.63) is 17.2 Å². The van der Waals surface area contributed by atoms with Crippen molar-refractivity contribution in [2.24, 2.45) is 23.7 Å². The van der Waals surface area contributed by atoms with Gasteiger partial charge in [0.2, 0.25) is 0 Å². The van der Waals surface area contributed by atoms with Gasteiger partial charge < -0.3 is 9.88 Å². The third-order valence-corrected chi connectivity index (χ3v) is 6.31. The van der Waals surface area contributed by atoms with E-state index in [1.165, 1.54) is 30.8 Å². The molecule has 0 radical (unpaired) electrons. The van der Waals surface area contributed by atoms with E-state index in [-0.39, 0.29) is 0 Å². The maximum atomic E-state index is 4.93. The average molecular weight is 257 g/mol. The molecule has 3 heteroatoms. The minimum atomic E-state index is 0.843. The first-order valence-electron chi connectivity index (χ1n) is 8.18. The molecule has 1 N–H and O–H groups in total. The predicted molar refractivity (Wildman–Crippen MR) is 73.9 cm³/mol. The third-order valence-electron chi connectivity index (χ3n) is 6.31. The summed E-state index contributed by atoms with van der Waals surface area (Å²) in [4.78, 5) is 4.93. The van der Waals surface area contributed by atoms with Gasteiger partial charge in [-0.1, -0.05) is 6.92 Å². The molecule has 0 saturated heterocycles. The topological polar surface area (TPSA) is 29.9 Å². The number of hydrogen-bond acceptors (Lipinski definition) is 2. The molecule has 3 saturated carbocycles. The average Bonchev–Trinajstić information content (AvgIpc) is 2.83. The van der Waals surface area contributed by atoms with Gasteiger partial charge in [-0.3, -0.25) is 0 Å². The molecule has 2 bridgehead atoms. The number of nitrogens with zero attached hydrogens (tertiary/aromatic N) is 2. The van der Waals surface area contributed by atoms with E-state index in [1.54, 1.807) is 12.1 Å². The highest BCUT2D eigenvalue weighted by Crippen LogP contribution is 2.71. The lowest BCUT2D eigenvalue weighted by atomic mass is 10.0. The Labute approximate surface area is 114 Å². The first-order chi connectivity index (χ1) is 9.38. The normalized spacial score (nSPS) is 42.3. The molecule has 102 valence electrons. The first-order valence-corrected chi connectivity index (χ1v) is 8.18. The number of aryl methyl sites for hydroxylation is 1. The van der Waals surface area contributed by atoms with Crippen molar-refractivity contribution < 1.29 is 0 Å². The van der Waals surface area contributed by atoms with E-state index in [9.17, 15) is 0 Å². The van der Waals surface area contributed by atoms with Crippen LogP contribution in [0.5, 0.6) is 0 Å². The molecular formula is C16H23N3. The van der Waals surface area contributed by atoms with E-state index >= 15 is 0 Å². The van der Waals surface area contributed by atoms with Crippen LogP contribution in [0.4, 0.5) is 0 Å². The lowest BCUT2D eigenvalue weighted by Gasteiger charge is -2.19. The predicted octanol–water partition coefficient (Wildman–Crippen LogP) is 2.31. The molecule has 0 spiro atoms. The number of rotatable bonds is 2. The van der Waals surface area contributed by atoms with Crippen molar-refractivity contribution in [1.29, 1.82) is 0 Å². The number of nitrogens with one attached hydrogen (secondary N) is 1. The molecule has 4 aliphatic rings. The molecule has 0 aromatic carbocycles. The lowest BCUT2D eigenvalue weighted by molar-refractivity contribution is 0.436. The zero-order valence-corrected chi connectivity index (χ0v) is 11.7. The Bertz CT molecular complexity index is 516. The van der Waals surface area contributed by atoms with Crippen LogP contribution < -0.4 is 5.32 Å².